The number of ether oxygens (including phenoxy) is 3. The van der Waals surface area contributed by atoms with Gasteiger partial charge in [-0.2, -0.15) is 0 Å². The molecule has 1 atom stereocenters. The molecular weight excluding hydrogens is 1020 g/mol. The molecule has 0 heterocycles. The van der Waals surface area contributed by atoms with E-state index in [0.717, 1.165) is 89.9 Å². The smallest absolute Gasteiger partial charge is 0.306 e. The van der Waals surface area contributed by atoms with Crippen LogP contribution in [0.1, 0.15) is 380 Å². The number of esters is 3. The van der Waals surface area contributed by atoms with Gasteiger partial charge in [0.05, 0.1) is 0 Å². The minimum absolute atomic E-state index is 0.0746. The van der Waals surface area contributed by atoms with E-state index in [1.54, 1.807) is 0 Å². The van der Waals surface area contributed by atoms with Gasteiger partial charge in [0.1, 0.15) is 13.2 Å². The largest absolute Gasteiger partial charge is 0.462 e. The maximum absolute atomic E-state index is 12.9. The first-order valence-corrected chi connectivity index (χ1v) is 36.4. The summed E-state index contributed by atoms with van der Waals surface area (Å²) in [6, 6.07) is 0. The number of carbonyl (C=O) groups is 3. The van der Waals surface area contributed by atoms with E-state index in [0.29, 0.717) is 19.3 Å². The molecule has 0 amide bonds. The molecule has 6 heteroatoms. The van der Waals surface area contributed by atoms with E-state index in [-0.39, 0.29) is 31.1 Å². The highest BCUT2D eigenvalue weighted by Crippen LogP contribution is 2.18. The lowest BCUT2D eigenvalue weighted by Crippen LogP contribution is -2.30. The van der Waals surface area contributed by atoms with Crippen LogP contribution in [0.25, 0.3) is 0 Å². The standard InChI is InChI=1S/C77H138O6/c1-4-7-10-13-16-19-22-25-28-30-32-33-34-35-36-37-38-39-40-41-42-43-44-45-46-48-49-52-55-58-61-64-67-70-76(79)82-73-74(72-81-75(78)69-66-63-60-57-54-51-27-24-21-18-15-12-9-6-3)83-77(80)71-68-65-62-59-56-53-50-47-31-29-26-23-20-17-14-11-8-5-2/h7,10,16,19,24-25,27-29,31-33,74H,4-6,8-9,11-15,17-18,20-23,26,30,34-73H2,1-3H3/b10-7-,19-16-,27-24-,28-25-,31-29-,33-32-. The summed E-state index contributed by atoms with van der Waals surface area (Å²) in [4.78, 5) is 38.4. The van der Waals surface area contributed by atoms with Crippen LogP contribution in [-0.4, -0.2) is 37.2 Å². The van der Waals surface area contributed by atoms with E-state index < -0.39 is 6.10 Å². The number of unbranched alkanes of at least 4 members (excludes halogenated alkanes) is 44. The third-order valence-corrected chi connectivity index (χ3v) is 16.2. The lowest BCUT2D eigenvalue weighted by Gasteiger charge is -2.18. The van der Waals surface area contributed by atoms with Crippen molar-refractivity contribution in [2.45, 2.75) is 386 Å². The molecule has 0 aromatic heterocycles. The van der Waals surface area contributed by atoms with Crippen molar-refractivity contribution >= 4 is 17.9 Å². The van der Waals surface area contributed by atoms with Crippen molar-refractivity contribution in [3.63, 3.8) is 0 Å². The third kappa shape index (κ3) is 69.5. The zero-order valence-corrected chi connectivity index (χ0v) is 55.5. The quantitative estimate of drug-likeness (QED) is 0.0261. The number of rotatable bonds is 67. The molecule has 0 aliphatic rings. The Balaban J connectivity index is 4.16. The van der Waals surface area contributed by atoms with E-state index in [4.69, 9.17) is 14.2 Å². The Labute approximate surface area is 516 Å². The molecule has 83 heavy (non-hydrogen) atoms. The van der Waals surface area contributed by atoms with Crippen LogP contribution < -0.4 is 0 Å². The summed E-state index contributed by atoms with van der Waals surface area (Å²) in [5.41, 5.74) is 0. The molecule has 0 radical (unpaired) electrons. The summed E-state index contributed by atoms with van der Waals surface area (Å²) in [6.07, 6.45) is 93.7. The summed E-state index contributed by atoms with van der Waals surface area (Å²) in [6.45, 7) is 6.56. The molecule has 0 spiro atoms. The molecule has 0 saturated carbocycles. The highest BCUT2D eigenvalue weighted by atomic mass is 16.6. The Morgan fingerprint density at radius 2 is 0.470 bits per heavy atom. The van der Waals surface area contributed by atoms with Gasteiger partial charge in [-0.1, -0.05) is 325 Å². The number of allylic oxidation sites excluding steroid dienone is 12. The van der Waals surface area contributed by atoms with Crippen LogP contribution in [-0.2, 0) is 28.6 Å². The first kappa shape index (κ1) is 79.8. The average Bonchev–Trinajstić information content (AvgIpc) is 3.49. The Morgan fingerprint density at radius 3 is 0.747 bits per heavy atom. The molecule has 0 aromatic carbocycles. The summed E-state index contributed by atoms with van der Waals surface area (Å²) < 4.78 is 17.0. The molecule has 0 aliphatic carbocycles. The minimum Gasteiger partial charge on any atom is -0.462 e. The second kappa shape index (κ2) is 71.3. The fourth-order valence-electron chi connectivity index (χ4n) is 10.7. The lowest BCUT2D eigenvalue weighted by atomic mass is 10.0. The maximum atomic E-state index is 12.9. The highest BCUT2D eigenvalue weighted by Gasteiger charge is 2.19. The second-order valence-electron chi connectivity index (χ2n) is 24.5. The van der Waals surface area contributed by atoms with E-state index in [9.17, 15) is 14.4 Å². The molecule has 6 nitrogen and oxygen atoms in total. The first-order valence-electron chi connectivity index (χ1n) is 36.4. The fourth-order valence-corrected chi connectivity index (χ4v) is 10.7. The van der Waals surface area contributed by atoms with Crippen molar-refractivity contribution < 1.29 is 28.6 Å². The van der Waals surface area contributed by atoms with E-state index in [1.165, 1.54) is 250 Å². The number of hydrogen-bond donors (Lipinski definition) is 0. The molecule has 0 aliphatic heterocycles. The van der Waals surface area contributed by atoms with Crippen LogP contribution >= 0.6 is 0 Å². The molecular formula is C77H138O6. The van der Waals surface area contributed by atoms with Crippen molar-refractivity contribution in [2.24, 2.45) is 0 Å². The Kier molecular flexibility index (Phi) is 68.6. The minimum atomic E-state index is -0.779. The summed E-state index contributed by atoms with van der Waals surface area (Å²) in [5.74, 6) is -0.864. The van der Waals surface area contributed by atoms with Crippen molar-refractivity contribution in [2.75, 3.05) is 13.2 Å². The van der Waals surface area contributed by atoms with Crippen LogP contribution in [0.15, 0.2) is 72.9 Å². The summed E-state index contributed by atoms with van der Waals surface area (Å²) >= 11 is 0. The molecule has 0 aromatic rings. The highest BCUT2D eigenvalue weighted by molar-refractivity contribution is 5.71. The molecule has 482 valence electrons. The van der Waals surface area contributed by atoms with E-state index in [2.05, 4.69) is 93.7 Å². The summed E-state index contributed by atoms with van der Waals surface area (Å²) in [7, 11) is 0. The number of carbonyl (C=O) groups excluding carboxylic acids is 3. The predicted octanol–water partition coefficient (Wildman–Crippen LogP) is 25.2. The maximum Gasteiger partial charge on any atom is 0.306 e. The Bertz CT molecular complexity index is 1520. The van der Waals surface area contributed by atoms with Gasteiger partial charge < -0.3 is 14.2 Å². The van der Waals surface area contributed by atoms with Crippen LogP contribution in [0.2, 0.25) is 0 Å². The van der Waals surface area contributed by atoms with Gasteiger partial charge >= 0.3 is 17.9 Å². The Morgan fingerprint density at radius 1 is 0.253 bits per heavy atom. The first-order chi connectivity index (χ1) is 41.0. The third-order valence-electron chi connectivity index (χ3n) is 16.2. The van der Waals surface area contributed by atoms with Crippen LogP contribution in [0.5, 0.6) is 0 Å². The SMILES string of the molecule is CC/C=C\C/C=C\C/C=C\C/C=C\CCCCCCCCCCCCCCCCCCCCCCC(=O)OCC(COC(=O)CCCCCCC/C=C\CCCCCCC)OC(=O)CCCCCCCCC/C=C\CCCCCCCCC. The van der Waals surface area contributed by atoms with Gasteiger partial charge in [-0.15, -0.1) is 0 Å². The van der Waals surface area contributed by atoms with Crippen molar-refractivity contribution in [1.29, 1.82) is 0 Å². The van der Waals surface area contributed by atoms with Gasteiger partial charge in [0.2, 0.25) is 0 Å². The Hall–Kier alpha value is -3.15. The molecule has 0 rings (SSSR count). The molecule has 0 N–H and O–H groups in total. The fraction of sp³-hybridized carbons (Fsp3) is 0.805. The van der Waals surface area contributed by atoms with Crippen LogP contribution in [0.4, 0.5) is 0 Å². The second-order valence-corrected chi connectivity index (χ2v) is 24.5. The molecule has 1 unspecified atom stereocenters. The predicted molar refractivity (Wildman–Crippen MR) is 362 cm³/mol. The van der Waals surface area contributed by atoms with Gasteiger partial charge in [0.25, 0.3) is 0 Å². The van der Waals surface area contributed by atoms with Crippen molar-refractivity contribution in [3.05, 3.63) is 72.9 Å². The van der Waals surface area contributed by atoms with Crippen LogP contribution in [0.3, 0.4) is 0 Å². The average molecular weight is 1160 g/mol. The summed E-state index contributed by atoms with van der Waals surface area (Å²) in [5, 5.41) is 0. The van der Waals surface area contributed by atoms with Crippen molar-refractivity contribution in [3.8, 4) is 0 Å². The molecule has 0 fully saturated rings. The lowest BCUT2D eigenvalue weighted by molar-refractivity contribution is -0.167. The van der Waals surface area contributed by atoms with Gasteiger partial charge in [-0.05, 0) is 109 Å². The molecule has 0 saturated heterocycles. The normalized spacial score (nSPS) is 12.5. The zero-order chi connectivity index (χ0) is 59.9. The zero-order valence-electron chi connectivity index (χ0n) is 55.5. The van der Waals surface area contributed by atoms with Gasteiger partial charge in [-0.3, -0.25) is 14.4 Å². The molecule has 0 bridgehead atoms. The topological polar surface area (TPSA) is 78.9 Å². The van der Waals surface area contributed by atoms with E-state index in [1.807, 2.05) is 0 Å². The van der Waals surface area contributed by atoms with E-state index >= 15 is 0 Å². The van der Waals surface area contributed by atoms with Gasteiger partial charge in [-0.25, -0.2) is 0 Å². The van der Waals surface area contributed by atoms with Gasteiger partial charge in [0.15, 0.2) is 6.10 Å². The van der Waals surface area contributed by atoms with Crippen molar-refractivity contribution in [1.82, 2.24) is 0 Å². The van der Waals surface area contributed by atoms with Crippen LogP contribution in [0, 0.1) is 0 Å². The number of hydrogen-bond acceptors (Lipinski definition) is 6. The monoisotopic (exact) mass is 1160 g/mol. The van der Waals surface area contributed by atoms with Gasteiger partial charge in [0, 0.05) is 19.3 Å².